The molecule has 1 heteroatoms. The summed E-state index contributed by atoms with van der Waals surface area (Å²) >= 11 is 0. The molecule has 0 aliphatic rings. The van der Waals surface area contributed by atoms with E-state index in [0.29, 0.717) is 0 Å². The first-order valence-corrected chi connectivity index (χ1v) is 11.8. The molecular formula is C26H32P+. The standard InChI is InChI=1S/C26H32P/c1-25(2,3)26(4,5)21-27(22-15-9-6-10-16-22,23-17-11-7-12-18-23)24-19-13-8-14-20-24/h6-20H,21H2,1-5H3/q+1. The lowest BCUT2D eigenvalue weighted by atomic mass is 9.71. The van der Waals surface area contributed by atoms with Crippen molar-refractivity contribution in [3.8, 4) is 0 Å². The van der Waals surface area contributed by atoms with Gasteiger partial charge >= 0.3 is 0 Å². The number of benzene rings is 3. The molecule has 0 saturated heterocycles. The SMILES string of the molecule is CC(C)(C)C(C)(C)C[P+](c1ccccc1)(c1ccccc1)c1ccccc1. The Morgan fingerprint density at radius 2 is 0.815 bits per heavy atom. The van der Waals surface area contributed by atoms with Gasteiger partial charge in [-0.15, -0.1) is 0 Å². The highest BCUT2D eigenvalue weighted by molar-refractivity contribution is 7.95. The molecular weight excluding hydrogens is 343 g/mol. The van der Waals surface area contributed by atoms with Crippen molar-refractivity contribution < 1.29 is 0 Å². The predicted molar refractivity (Wildman–Crippen MR) is 123 cm³/mol. The van der Waals surface area contributed by atoms with Crippen LogP contribution in [0.25, 0.3) is 0 Å². The van der Waals surface area contributed by atoms with E-state index in [9.17, 15) is 0 Å². The van der Waals surface area contributed by atoms with Crippen LogP contribution in [0.15, 0.2) is 91.0 Å². The lowest BCUT2D eigenvalue weighted by Crippen LogP contribution is -2.42. The van der Waals surface area contributed by atoms with Gasteiger partial charge in [0.05, 0.1) is 6.16 Å². The summed E-state index contributed by atoms with van der Waals surface area (Å²) in [6, 6.07) is 33.6. The van der Waals surface area contributed by atoms with Crippen molar-refractivity contribution in [3.05, 3.63) is 91.0 Å². The molecule has 0 amide bonds. The predicted octanol–water partition coefficient (Wildman–Crippen LogP) is 6.05. The third-order valence-electron chi connectivity index (χ3n) is 6.25. The van der Waals surface area contributed by atoms with Gasteiger partial charge in [-0.25, -0.2) is 0 Å². The molecule has 0 unspecified atom stereocenters. The first kappa shape index (κ1) is 19.8. The van der Waals surface area contributed by atoms with Crippen LogP contribution >= 0.6 is 7.26 Å². The number of hydrogen-bond donors (Lipinski definition) is 0. The smallest absolute Gasteiger partial charge is 0.0620 e. The highest BCUT2D eigenvalue weighted by Gasteiger charge is 2.51. The lowest BCUT2D eigenvalue weighted by molar-refractivity contribution is 0.161. The van der Waals surface area contributed by atoms with E-state index in [1.54, 1.807) is 0 Å². The van der Waals surface area contributed by atoms with Crippen molar-refractivity contribution >= 4 is 23.2 Å². The summed E-state index contributed by atoms with van der Waals surface area (Å²) in [4.78, 5) is 0. The zero-order chi connectivity index (χ0) is 19.5. The molecule has 0 atom stereocenters. The van der Waals surface area contributed by atoms with E-state index in [2.05, 4.69) is 126 Å². The Bertz CT molecular complexity index is 746. The van der Waals surface area contributed by atoms with Crippen LogP contribution in [-0.4, -0.2) is 6.16 Å². The van der Waals surface area contributed by atoms with Crippen LogP contribution in [-0.2, 0) is 0 Å². The van der Waals surface area contributed by atoms with Crippen LogP contribution in [0.1, 0.15) is 34.6 Å². The van der Waals surface area contributed by atoms with Gasteiger partial charge in [-0.1, -0.05) is 89.2 Å². The highest BCUT2D eigenvalue weighted by Crippen LogP contribution is 2.61. The molecule has 0 aromatic heterocycles. The maximum absolute atomic E-state index is 2.44. The molecule has 0 aliphatic carbocycles. The van der Waals surface area contributed by atoms with Gasteiger partial charge in [0, 0.05) is 5.41 Å². The fraction of sp³-hybridized carbons (Fsp3) is 0.308. The van der Waals surface area contributed by atoms with Crippen molar-refractivity contribution in [1.82, 2.24) is 0 Å². The van der Waals surface area contributed by atoms with E-state index in [-0.39, 0.29) is 10.8 Å². The average Bonchev–Trinajstić information content (AvgIpc) is 2.67. The minimum Gasteiger partial charge on any atom is -0.0620 e. The molecule has 3 aromatic rings. The van der Waals surface area contributed by atoms with Crippen LogP contribution in [0.4, 0.5) is 0 Å². The molecule has 0 spiro atoms. The minimum absolute atomic E-state index is 0.183. The van der Waals surface area contributed by atoms with Crippen molar-refractivity contribution in [2.24, 2.45) is 10.8 Å². The van der Waals surface area contributed by atoms with Gasteiger partial charge in [0.25, 0.3) is 0 Å². The third kappa shape index (κ3) is 3.87. The topological polar surface area (TPSA) is 0 Å². The Kier molecular flexibility index (Phi) is 5.59. The molecule has 0 bridgehead atoms. The van der Waals surface area contributed by atoms with Gasteiger partial charge in [-0.05, 0) is 41.8 Å². The maximum atomic E-state index is 2.44. The normalized spacial score (nSPS) is 12.8. The molecule has 140 valence electrons. The molecule has 0 fully saturated rings. The average molecular weight is 376 g/mol. The minimum atomic E-state index is -1.77. The Morgan fingerprint density at radius 1 is 0.519 bits per heavy atom. The monoisotopic (exact) mass is 375 g/mol. The second-order valence-corrected chi connectivity index (χ2v) is 12.6. The quantitative estimate of drug-likeness (QED) is 0.476. The fourth-order valence-corrected chi connectivity index (χ4v) is 8.74. The van der Waals surface area contributed by atoms with Crippen LogP contribution in [0.5, 0.6) is 0 Å². The van der Waals surface area contributed by atoms with Crippen LogP contribution in [0.3, 0.4) is 0 Å². The number of rotatable bonds is 5. The highest BCUT2D eigenvalue weighted by atomic mass is 31.2. The zero-order valence-corrected chi connectivity index (χ0v) is 18.2. The fourth-order valence-electron chi connectivity index (χ4n) is 3.60. The first-order chi connectivity index (χ1) is 12.8. The largest absolute Gasteiger partial charge is 0.112 e. The summed E-state index contributed by atoms with van der Waals surface area (Å²) in [5, 5.41) is 4.42. The van der Waals surface area contributed by atoms with Crippen LogP contribution in [0.2, 0.25) is 0 Å². The summed E-state index contributed by atoms with van der Waals surface area (Å²) in [5.41, 5.74) is 0.402. The summed E-state index contributed by atoms with van der Waals surface area (Å²) < 4.78 is 0. The van der Waals surface area contributed by atoms with Gasteiger partial charge in [0.1, 0.15) is 23.2 Å². The van der Waals surface area contributed by atoms with E-state index >= 15 is 0 Å². The first-order valence-electron chi connectivity index (χ1n) is 9.82. The summed E-state index contributed by atoms with van der Waals surface area (Å²) in [6.45, 7) is 12.0. The van der Waals surface area contributed by atoms with E-state index < -0.39 is 7.26 Å². The molecule has 3 rings (SSSR count). The summed E-state index contributed by atoms with van der Waals surface area (Å²) in [7, 11) is -1.77. The Balaban J connectivity index is 2.33. The maximum Gasteiger partial charge on any atom is 0.112 e. The van der Waals surface area contributed by atoms with E-state index in [1.807, 2.05) is 0 Å². The van der Waals surface area contributed by atoms with Crippen molar-refractivity contribution in [2.45, 2.75) is 34.6 Å². The van der Waals surface area contributed by atoms with E-state index in [1.165, 1.54) is 15.9 Å². The van der Waals surface area contributed by atoms with Gasteiger partial charge in [0.2, 0.25) is 0 Å². The molecule has 27 heavy (non-hydrogen) atoms. The third-order valence-corrected chi connectivity index (χ3v) is 11.1. The van der Waals surface area contributed by atoms with E-state index in [4.69, 9.17) is 0 Å². The molecule has 3 aromatic carbocycles. The second-order valence-electron chi connectivity index (χ2n) is 9.11. The Hall–Kier alpha value is -1.91. The van der Waals surface area contributed by atoms with Gasteiger partial charge in [0.15, 0.2) is 0 Å². The molecule has 0 heterocycles. The summed E-state index contributed by atoms with van der Waals surface area (Å²) in [6.07, 6.45) is 1.15. The lowest BCUT2D eigenvalue weighted by Gasteiger charge is -2.42. The van der Waals surface area contributed by atoms with E-state index in [0.717, 1.165) is 6.16 Å². The molecule has 0 nitrogen and oxygen atoms in total. The van der Waals surface area contributed by atoms with Crippen LogP contribution in [0, 0.1) is 10.8 Å². The second kappa shape index (κ2) is 7.61. The van der Waals surface area contributed by atoms with Crippen molar-refractivity contribution in [1.29, 1.82) is 0 Å². The van der Waals surface area contributed by atoms with Crippen LogP contribution < -0.4 is 15.9 Å². The molecule has 0 aliphatic heterocycles. The molecule has 0 N–H and O–H groups in total. The zero-order valence-electron chi connectivity index (χ0n) is 17.3. The molecule has 0 saturated carbocycles. The Labute approximate surface area is 166 Å². The van der Waals surface area contributed by atoms with Gasteiger partial charge in [-0.3, -0.25) is 0 Å². The van der Waals surface area contributed by atoms with Crippen molar-refractivity contribution in [3.63, 3.8) is 0 Å². The van der Waals surface area contributed by atoms with Gasteiger partial charge < -0.3 is 0 Å². The molecule has 0 radical (unpaired) electrons. The summed E-state index contributed by atoms with van der Waals surface area (Å²) in [5.74, 6) is 0. The van der Waals surface area contributed by atoms with Gasteiger partial charge in [-0.2, -0.15) is 0 Å². The number of hydrogen-bond acceptors (Lipinski definition) is 0. The van der Waals surface area contributed by atoms with Crippen molar-refractivity contribution in [2.75, 3.05) is 6.16 Å². The Morgan fingerprint density at radius 3 is 1.07 bits per heavy atom.